The maximum atomic E-state index is 14.2. The molecule has 4 aliphatic rings. The molecule has 0 aromatic heterocycles. The number of carbonyl (C=O) groups excluding carboxylic acids is 5. The van der Waals surface area contributed by atoms with Crippen LogP contribution in [0.4, 0.5) is 10.1 Å². The number of ether oxygens (including phenoxy) is 1. The van der Waals surface area contributed by atoms with E-state index in [0.29, 0.717) is 5.75 Å². The van der Waals surface area contributed by atoms with Gasteiger partial charge in [0.1, 0.15) is 17.6 Å². The van der Waals surface area contributed by atoms with Crippen molar-refractivity contribution >= 4 is 35.2 Å². The molecule has 6 rings (SSSR count). The monoisotopic (exact) mass is 620 g/mol. The number of hydrogen-bond acceptors (Lipinski definition) is 9. The number of piperidine rings is 2. The summed E-state index contributed by atoms with van der Waals surface area (Å²) in [6.07, 6.45) is 1.81. The summed E-state index contributed by atoms with van der Waals surface area (Å²) in [6.45, 7) is 6.77. The summed E-state index contributed by atoms with van der Waals surface area (Å²) in [6, 6.07) is 8.41. The van der Waals surface area contributed by atoms with Gasteiger partial charge in [0.05, 0.1) is 23.8 Å². The largest absolute Gasteiger partial charge is 0.497 e. The quantitative estimate of drug-likeness (QED) is 0.419. The number of hydrogen-bond donors (Lipinski definition) is 2. The lowest BCUT2D eigenvalue weighted by Crippen LogP contribution is -2.54. The van der Waals surface area contributed by atoms with Crippen LogP contribution in [0.25, 0.3) is 0 Å². The lowest BCUT2D eigenvalue weighted by Gasteiger charge is -2.38. The topological polar surface area (TPSA) is 132 Å². The first kappa shape index (κ1) is 30.7. The van der Waals surface area contributed by atoms with E-state index < -0.39 is 41.4 Å². The van der Waals surface area contributed by atoms with E-state index in [2.05, 4.69) is 25.3 Å². The first-order valence-electron chi connectivity index (χ1n) is 15.4. The van der Waals surface area contributed by atoms with Gasteiger partial charge in [0.15, 0.2) is 0 Å². The SMILES string of the molecule is COc1ccc(F)c(C(=O)NC2CCN(CCN3CCN(c4ccc5c(c4)C(=O)N(C4CCC(=O)NC4=O)C5=O)CC3)CC2)c1. The van der Waals surface area contributed by atoms with Crippen LogP contribution in [0.3, 0.4) is 0 Å². The van der Waals surface area contributed by atoms with Gasteiger partial charge in [-0.25, -0.2) is 4.39 Å². The molecule has 1 unspecified atom stereocenters. The van der Waals surface area contributed by atoms with Gasteiger partial charge in [0.2, 0.25) is 11.8 Å². The van der Waals surface area contributed by atoms with Crippen LogP contribution in [0.1, 0.15) is 56.8 Å². The number of rotatable bonds is 8. The highest BCUT2D eigenvalue weighted by Crippen LogP contribution is 2.31. The number of methoxy groups -OCH3 is 1. The number of anilines is 1. The minimum absolute atomic E-state index is 0.00602. The van der Waals surface area contributed by atoms with Crippen molar-refractivity contribution in [3.05, 3.63) is 58.9 Å². The van der Waals surface area contributed by atoms with Gasteiger partial charge >= 0.3 is 0 Å². The van der Waals surface area contributed by atoms with Gasteiger partial charge < -0.3 is 19.9 Å². The van der Waals surface area contributed by atoms with Gasteiger partial charge in [-0.05, 0) is 55.7 Å². The number of nitrogens with zero attached hydrogens (tertiary/aromatic N) is 4. The molecule has 1 atom stereocenters. The fourth-order valence-corrected chi connectivity index (χ4v) is 6.54. The van der Waals surface area contributed by atoms with Crippen molar-refractivity contribution in [1.82, 2.24) is 25.3 Å². The summed E-state index contributed by atoms with van der Waals surface area (Å²) in [7, 11) is 1.48. The zero-order chi connectivity index (χ0) is 31.7. The molecule has 0 spiro atoms. The Kier molecular flexibility index (Phi) is 8.81. The van der Waals surface area contributed by atoms with E-state index in [4.69, 9.17) is 4.74 Å². The van der Waals surface area contributed by atoms with Crippen molar-refractivity contribution in [2.75, 3.05) is 64.4 Å². The second-order valence-electron chi connectivity index (χ2n) is 11.9. The third-order valence-electron chi connectivity index (χ3n) is 9.23. The number of carbonyl (C=O) groups is 5. The van der Waals surface area contributed by atoms with Crippen LogP contribution >= 0.6 is 0 Å². The number of nitrogens with one attached hydrogen (secondary N) is 2. The van der Waals surface area contributed by atoms with Crippen molar-refractivity contribution in [2.45, 2.75) is 37.8 Å². The standard InChI is InChI=1S/C32H37FN6O6/c1-45-22-3-5-26(33)25(19-22)29(41)34-20-8-10-36(11-9-20)12-13-37-14-16-38(17-15-37)21-2-4-23-24(18-21)32(44)39(31(23)43)27-6-7-28(40)35-30(27)42/h2-5,18-20,27H,6-17H2,1H3,(H,34,41)(H,35,40,42). The Morgan fingerprint density at radius 3 is 2.27 bits per heavy atom. The van der Waals surface area contributed by atoms with Crippen molar-refractivity contribution in [2.24, 2.45) is 0 Å². The van der Waals surface area contributed by atoms with E-state index >= 15 is 0 Å². The Labute approximate surface area is 260 Å². The first-order valence-corrected chi connectivity index (χ1v) is 15.4. The zero-order valence-electron chi connectivity index (χ0n) is 25.2. The molecule has 45 heavy (non-hydrogen) atoms. The van der Waals surface area contributed by atoms with E-state index in [1.54, 1.807) is 12.1 Å². The van der Waals surface area contributed by atoms with Crippen LogP contribution in [0.2, 0.25) is 0 Å². The van der Waals surface area contributed by atoms with Gasteiger partial charge in [0, 0.05) is 70.5 Å². The highest BCUT2D eigenvalue weighted by atomic mass is 19.1. The Bertz CT molecular complexity index is 1520. The number of benzene rings is 2. The zero-order valence-corrected chi connectivity index (χ0v) is 25.2. The Morgan fingerprint density at radius 2 is 1.58 bits per heavy atom. The van der Waals surface area contributed by atoms with Crippen LogP contribution in [0, 0.1) is 5.82 Å². The van der Waals surface area contributed by atoms with Gasteiger partial charge in [0.25, 0.3) is 17.7 Å². The summed E-state index contributed by atoms with van der Waals surface area (Å²) in [5, 5.41) is 5.19. The fraction of sp³-hybridized carbons (Fsp3) is 0.469. The number of imide groups is 2. The van der Waals surface area contributed by atoms with Crippen LogP contribution in [-0.4, -0.2) is 116 Å². The lowest BCUT2D eigenvalue weighted by molar-refractivity contribution is -0.136. The Morgan fingerprint density at radius 1 is 0.889 bits per heavy atom. The van der Waals surface area contributed by atoms with E-state index in [1.165, 1.54) is 25.3 Å². The second-order valence-corrected chi connectivity index (χ2v) is 11.9. The molecule has 238 valence electrons. The molecule has 0 aliphatic carbocycles. The molecule has 2 aromatic rings. The molecule has 0 saturated carbocycles. The molecule has 3 saturated heterocycles. The van der Waals surface area contributed by atoms with Crippen LogP contribution in [-0.2, 0) is 9.59 Å². The number of fused-ring (bicyclic) bond motifs is 1. The smallest absolute Gasteiger partial charge is 0.262 e. The molecule has 3 fully saturated rings. The lowest BCUT2D eigenvalue weighted by atomic mass is 10.0. The molecule has 0 bridgehead atoms. The average molecular weight is 621 g/mol. The third kappa shape index (κ3) is 6.40. The van der Waals surface area contributed by atoms with Gasteiger partial charge in [-0.1, -0.05) is 0 Å². The molecule has 2 aromatic carbocycles. The molecule has 5 amide bonds. The number of halogens is 1. The summed E-state index contributed by atoms with van der Waals surface area (Å²) in [4.78, 5) is 70.7. The van der Waals surface area contributed by atoms with Crippen molar-refractivity contribution in [3.8, 4) is 5.75 Å². The Balaban J connectivity index is 0.951. The molecule has 4 heterocycles. The molecular formula is C32H37FN6O6. The van der Waals surface area contributed by atoms with E-state index in [-0.39, 0.29) is 35.6 Å². The maximum Gasteiger partial charge on any atom is 0.262 e. The number of likely N-dealkylation sites (tertiary alicyclic amines) is 1. The average Bonchev–Trinajstić information content (AvgIpc) is 3.29. The van der Waals surface area contributed by atoms with E-state index in [9.17, 15) is 28.4 Å². The second kappa shape index (κ2) is 12.9. The third-order valence-corrected chi connectivity index (χ3v) is 9.23. The number of amides is 5. The van der Waals surface area contributed by atoms with Gasteiger partial charge in [-0.15, -0.1) is 0 Å². The van der Waals surface area contributed by atoms with E-state index in [0.717, 1.165) is 75.8 Å². The molecule has 12 nitrogen and oxygen atoms in total. The van der Waals surface area contributed by atoms with Gasteiger partial charge in [-0.2, -0.15) is 0 Å². The molecule has 2 N–H and O–H groups in total. The predicted molar refractivity (Wildman–Crippen MR) is 162 cm³/mol. The van der Waals surface area contributed by atoms with Gasteiger partial charge in [-0.3, -0.25) is 39.1 Å². The first-order chi connectivity index (χ1) is 21.7. The Hall–Kier alpha value is -4.36. The predicted octanol–water partition coefficient (Wildman–Crippen LogP) is 1.25. The van der Waals surface area contributed by atoms with E-state index in [1.807, 2.05) is 6.07 Å². The summed E-state index contributed by atoms with van der Waals surface area (Å²) < 4.78 is 19.3. The number of piperazine rings is 1. The van der Waals surface area contributed by atoms with Crippen LogP contribution < -0.4 is 20.3 Å². The maximum absolute atomic E-state index is 14.2. The highest BCUT2D eigenvalue weighted by molar-refractivity contribution is 6.23. The van der Waals surface area contributed by atoms with Crippen molar-refractivity contribution < 1.29 is 33.1 Å². The van der Waals surface area contributed by atoms with Crippen molar-refractivity contribution in [1.29, 1.82) is 0 Å². The summed E-state index contributed by atoms with van der Waals surface area (Å²) >= 11 is 0. The molecule has 0 radical (unpaired) electrons. The van der Waals surface area contributed by atoms with Crippen LogP contribution in [0.15, 0.2) is 36.4 Å². The molecular weight excluding hydrogens is 583 g/mol. The minimum Gasteiger partial charge on any atom is -0.497 e. The highest BCUT2D eigenvalue weighted by Gasteiger charge is 2.44. The summed E-state index contributed by atoms with van der Waals surface area (Å²) in [5.74, 6) is -2.57. The fourth-order valence-electron chi connectivity index (χ4n) is 6.54. The molecule has 4 aliphatic heterocycles. The minimum atomic E-state index is -0.977. The normalized spacial score (nSPS) is 21.6. The van der Waals surface area contributed by atoms with Crippen molar-refractivity contribution in [3.63, 3.8) is 0 Å². The van der Waals surface area contributed by atoms with Crippen LogP contribution in [0.5, 0.6) is 5.75 Å². The molecule has 13 heteroatoms. The summed E-state index contributed by atoms with van der Waals surface area (Å²) in [5.41, 5.74) is 1.42.